The third-order valence-corrected chi connectivity index (χ3v) is 3.36. The quantitative estimate of drug-likeness (QED) is 0.825. The predicted octanol–water partition coefficient (Wildman–Crippen LogP) is 1.78. The van der Waals surface area contributed by atoms with Gasteiger partial charge in [0, 0.05) is 0 Å². The Balaban J connectivity index is 2.09. The second-order valence-electron chi connectivity index (χ2n) is 4.46. The van der Waals surface area contributed by atoms with Crippen LogP contribution in [0.1, 0.15) is 45.1 Å². The molecule has 1 N–H and O–H groups in total. The van der Waals surface area contributed by atoms with Gasteiger partial charge in [0.1, 0.15) is 12.7 Å². The second-order valence-corrected chi connectivity index (χ2v) is 4.46. The Morgan fingerprint density at radius 1 is 1.47 bits per heavy atom. The minimum atomic E-state index is -0.160. The standard InChI is InChI=1S/C11H19N3O/c1-2-3-9-4-5-10(15)6-11(9)14-8-12-7-13-14/h7-11,15H,2-6H2,1H3. The molecular formula is C11H19N3O. The Kier molecular flexibility index (Phi) is 3.36. The van der Waals surface area contributed by atoms with Gasteiger partial charge in [-0.3, -0.25) is 0 Å². The fourth-order valence-electron chi connectivity index (χ4n) is 2.61. The van der Waals surface area contributed by atoms with Gasteiger partial charge in [0.15, 0.2) is 0 Å². The molecule has 1 aliphatic rings. The molecule has 84 valence electrons. The summed E-state index contributed by atoms with van der Waals surface area (Å²) >= 11 is 0. The molecule has 0 spiro atoms. The molecule has 3 unspecified atom stereocenters. The molecule has 0 aromatic carbocycles. The first-order valence-electron chi connectivity index (χ1n) is 5.83. The predicted molar refractivity (Wildman–Crippen MR) is 57.3 cm³/mol. The van der Waals surface area contributed by atoms with Gasteiger partial charge in [-0.25, -0.2) is 9.67 Å². The maximum absolute atomic E-state index is 9.70. The Labute approximate surface area is 90.3 Å². The molecule has 1 aromatic rings. The van der Waals surface area contributed by atoms with Crippen LogP contribution in [0.15, 0.2) is 12.7 Å². The number of aliphatic hydroxyl groups is 1. The van der Waals surface area contributed by atoms with E-state index in [0.29, 0.717) is 12.0 Å². The van der Waals surface area contributed by atoms with Gasteiger partial charge in [-0.15, -0.1) is 0 Å². The first-order chi connectivity index (χ1) is 7.31. The number of aromatic nitrogens is 3. The van der Waals surface area contributed by atoms with Gasteiger partial charge >= 0.3 is 0 Å². The van der Waals surface area contributed by atoms with Crippen molar-refractivity contribution in [2.75, 3.05) is 0 Å². The van der Waals surface area contributed by atoms with E-state index in [1.165, 1.54) is 12.8 Å². The molecule has 0 saturated heterocycles. The van der Waals surface area contributed by atoms with Crippen LogP contribution in [0.2, 0.25) is 0 Å². The molecule has 0 radical (unpaired) electrons. The maximum Gasteiger partial charge on any atom is 0.137 e. The van der Waals surface area contributed by atoms with Crippen molar-refractivity contribution in [3.8, 4) is 0 Å². The van der Waals surface area contributed by atoms with Crippen molar-refractivity contribution in [1.29, 1.82) is 0 Å². The van der Waals surface area contributed by atoms with E-state index < -0.39 is 0 Å². The zero-order valence-corrected chi connectivity index (χ0v) is 9.21. The topological polar surface area (TPSA) is 50.9 Å². The van der Waals surface area contributed by atoms with Gasteiger partial charge < -0.3 is 5.11 Å². The largest absolute Gasteiger partial charge is 0.393 e. The van der Waals surface area contributed by atoms with Crippen LogP contribution in [0.25, 0.3) is 0 Å². The Morgan fingerprint density at radius 3 is 3.00 bits per heavy atom. The molecule has 1 saturated carbocycles. The summed E-state index contributed by atoms with van der Waals surface area (Å²) in [6.07, 6.45) is 8.48. The molecule has 1 fully saturated rings. The highest BCUT2D eigenvalue weighted by molar-refractivity contribution is 4.83. The second kappa shape index (κ2) is 4.75. The van der Waals surface area contributed by atoms with Gasteiger partial charge in [0.05, 0.1) is 12.1 Å². The highest BCUT2D eigenvalue weighted by Crippen LogP contribution is 2.36. The molecule has 4 heteroatoms. The highest BCUT2D eigenvalue weighted by atomic mass is 16.3. The van der Waals surface area contributed by atoms with E-state index in [0.717, 1.165) is 19.3 Å². The number of nitrogens with zero attached hydrogens (tertiary/aromatic N) is 3. The van der Waals surface area contributed by atoms with Crippen LogP contribution in [-0.4, -0.2) is 26.0 Å². The fourth-order valence-corrected chi connectivity index (χ4v) is 2.61. The average Bonchev–Trinajstić information content (AvgIpc) is 2.74. The minimum Gasteiger partial charge on any atom is -0.393 e. The first-order valence-corrected chi connectivity index (χ1v) is 5.83. The molecule has 15 heavy (non-hydrogen) atoms. The zero-order valence-electron chi connectivity index (χ0n) is 9.21. The summed E-state index contributed by atoms with van der Waals surface area (Å²) in [6, 6.07) is 0.344. The van der Waals surface area contributed by atoms with E-state index in [-0.39, 0.29) is 6.10 Å². The normalized spacial score (nSPS) is 31.7. The van der Waals surface area contributed by atoms with Crippen LogP contribution >= 0.6 is 0 Å². The van der Waals surface area contributed by atoms with E-state index in [2.05, 4.69) is 17.0 Å². The van der Waals surface area contributed by atoms with Gasteiger partial charge in [-0.1, -0.05) is 13.3 Å². The van der Waals surface area contributed by atoms with E-state index >= 15 is 0 Å². The Hall–Kier alpha value is -0.900. The molecule has 0 bridgehead atoms. The first kappa shape index (κ1) is 10.6. The van der Waals surface area contributed by atoms with Crippen LogP contribution < -0.4 is 0 Å². The van der Waals surface area contributed by atoms with Crippen molar-refractivity contribution in [1.82, 2.24) is 14.8 Å². The zero-order chi connectivity index (χ0) is 10.7. The van der Waals surface area contributed by atoms with Crippen LogP contribution in [0.4, 0.5) is 0 Å². The lowest BCUT2D eigenvalue weighted by Gasteiger charge is -2.33. The Morgan fingerprint density at radius 2 is 2.33 bits per heavy atom. The highest BCUT2D eigenvalue weighted by Gasteiger charge is 2.30. The maximum atomic E-state index is 9.70. The molecule has 1 heterocycles. The molecule has 0 aliphatic heterocycles. The summed E-state index contributed by atoms with van der Waals surface area (Å²) in [6.45, 7) is 2.21. The van der Waals surface area contributed by atoms with Crippen molar-refractivity contribution in [3.05, 3.63) is 12.7 Å². The lowest BCUT2D eigenvalue weighted by atomic mass is 9.80. The fraction of sp³-hybridized carbons (Fsp3) is 0.818. The number of hydrogen-bond donors (Lipinski definition) is 1. The van der Waals surface area contributed by atoms with E-state index in [1.54, 1.807) is 12.7 Å². The summed E-state index contributed by atoms with van der Waals surface area (Å²) in [7, 11) is 0. The van der Waals surface area contributed by atoms with Crippen molar-refractivity contribution in [2.45, 2.75) is 51.2 Å². The summed E-state index contributed by atoms with van der Waals surface area (Å²) in [4.78, 5) is 3.99. The third-order valence-electron chi connectivity index (χ3n) is 3.36. The van der Waals surface area contributed by atoms with E-state index in [4.69, 9.17) is 0 Å². The summed E-state index contributed by atoms with van der Waals surface area (Å²) in [5, 5.41) is 13.9. The van der Waals surface area contributed by atoms with Crippen molar-refractivity contribution >= 4 is 0 Å². The van der Waals surface area contributed by atoms with Gasteiger partial charge in [0.25, 0.3) is 0 Å². The number of hydrogen-bond acceptors (Lipinski definition) is 3. The summed E-state index contributed by atoms with van der Waals surface area (Å²) in [5.74, 6) is 0.653. The molecule has 4 nitrogen and oxygen atoms in total. The van der Waals surface area contributed by atoms with E-state index in [1.807, 2.05) is 4.68 Å². The SMILES string of the molecule is CCCC1CCC(O)CC1n1cncn1. The van der Waals surface area contributed by atoms with E-state index in [9.17, 15) is 5.11 Å². The summed E-state index contributed by atoms with van der Waals surface area (Å²) in [5.41, 5.74) is 0. The van der Waals surface area contributed by atoms with Crippen LogP contribution in [-0.2, 0) is 0 Å². The smallest absolute Gasteiger partial charge is 0.137 e. The lowest BCUT2D eigenvalue weighted by Crippen LogP contribution is -2.30. The molecule has 2 rings (SSSR count). The molecule has 0 amide bonds. The number of aliphatic hydroxyl groups excluding tert-OH is 1. The van der Waals surface area contributed by atoms with Gasteiger partial charge in [-0.05, 0) is 31.6 Å². The van der Waals surface area contributed by atoms with Crippen LogP contribution in [0.3, 0.4) is 0 Å². The van der Waals surface area contributed by atoms with Crippen molar-refractivity contribution < 1.29 is 5.11 Å². The molecule has 3 atom stereocenters. The van der Waals surface area contributed by atoms with Gasteiger partial charge in [-0.2, -0.15) is 5.10 Å². The van der Waals surface area contributed by atoms with Gasteiger partial charge in [0.2, 0.25) is 0 Å². The number of rotatable bonds is 3. The average molecular weight is 209 g/mol. The van der Waals surface area contributed by atoms with Crippen LogP contribution in [0, 0.1) is 5.92 Å². The Bertz CT molecular complexity index is 286. The lowest BCUT2D eigenvalue weighted by molar-refractivity contribution is 0.0648. The molecular weight excluding hydrogens is 190 g/mol. The third kappa shape index (κ3) is 2.37. The summed E-state index contributed by atoms with van der Waals surface area (Å²) < 4.78 is 1.92. The minimum absolute atomic E-state index is 0.160. The molecule has 1 aliphatic carbocycles. The van der Waals surface area contributed by atoms with Crippen molar-refractivity contribution in [2.24, 2.45) is 5.92 Å². The monoisotopic (exact) mass is 209 g/mol. The van der Waals surface area contributed by atoms with Crippen molar-refractivity contribution in [3.63, 3.8) is 0 Å². The van der Waals surface area contributed by atoms with Crippen LogP contribution in [0.5, 0.6) is 0 Å². The molecule has 1 aromatic heterocycles.